The number of nitro benzene ring substituents is 1. The summed E-state index contributed by atoms with van der Waals surface area (Å²) in [6.45, 7) is 1.82. The lowest BCUT2D eigenvalue weighted by molar-refractivity contribution is -0.385. The molecule has 8 nitrogen and oxygen atoms in total. The van der Waals surface area contributed by atoms with Gasteiger partial charge in [0.1, 0.15) is 0 Å². The van der Waals surface area contributed by atoms with E-state index >= 15 is 0 Å². The van der Waals surface area contributed by atoms with Crippen LogP contribution in [0.2, 0.25) is 0 Å². The fourth-order valence-corrected chi connectivity index (χ4v) is 3.96. The molecule has 0 bridgehead atoms. The molecule has 0 aliphatic carbocycles. The third kappa shape index (κ3) is 4.81. The van der Waals surface area contributed by atoms with E-state index in [1.54, 1.807) is 12.1 Å². The number of non-ortho nitro benzene ring substituents is 1. The Hall–Kier alpha value is -3.72. The minimum absolute atomic E-state index is 0.0711. The maximum atomic E-state index is 12.8. The quantitative estimate of drug-likeness (QED) is 0.440. The number of hydrogen-bond acceptors (Lipinski definition) is 5. The molecule has 0 saturated carbocycles. The van der Waals surface area contributed by atoms with Crippen LogP contribution in [0.1, 0.15) is 28.9 Å². The second-order valence-electron chi connectivity index (χ2n) is 6.51. The number of benzene rings is 3. The second kappa shape index (κ2) is 8.75. The smallest absolute Gasteiger partial charge is 0.270 e. The summed E-state index contributed by atoms with van der Waals surface area (Å²) in [5.41, 5.74) is 0.761. The van der Waals surface area contributed by atoms with Crippen molar-refractivity contribution in [2.45, 2.75) is 17.9 Å². The van der Waals surface area contributed by atoms with Crippen molar-refractivity contribution in [1.82, 2.24) is 5.32 Å². The number of hydrogen-bond donors (Lipinski definition) is 2. The number of sulfonamides is 1. The van der Waals surface area contributed by atoms with Crippen molar-refractivity contribution in [3.8, 4) is 0 Å². The number of nitrogens with zero attached hydrogens (tertiary/aromatic N) is 1. The third-order valence-electron chi connectivity index (χ3n) is 4.40. The van der Waals surface area contributed by atoms with Crippen LogP contribution >= 0.6 is 0 Å². The molecule has 0 heterocycles. The van der Waals surface area contributed by atoms with Crippen LogP contribution in [0.4, 0.5) is 11.4 Å². The van der Waals surface area contributed by atoms with Crippen LogP contribution in [0.5, 0.6) is 0 Å². The molecule has 0 aliphatic rings. The number of carbonyl (C=O) groups excluding carboxylic acids is 1. The van der Waals surface area contributed by atoms with Crippen LogP contribution in [0.3, 0.4) is 0 Å². The molecular weight excluding hydrogens is 406 g/mol. The van der Waals surface area contributed by atoms with Gasteiger partial charge in [-0.1, -0.05) is 48.5 Å². The second-order valence-corrected chi connectivity index (χ2v) is 8.19. The van der Waals surface area contributed by atoms with Crippen LogP contribution in [0, 0.1) is 10.1 Å². The topological polar surface area (TPSA) is 118 Å². The van der Waals surface area contributed by atoms with E-state index in [0.717, 1.165) is 11.6 Å². The van der Waals surface area contributed by atoms with Gasteiger partial charge in [0.2, 0.25) is 0 Å². The lowest BCUT2D eigenvalue weighted by Gasteiger charge is -2.17. The number of carbonyl (C=O) groups is 1. The van der Waals surface area contributed by atoms with Gasteiger partial charge in [-0.25, -0.2) is 8.42 Å². The Labute approximate surface area is 173 Å². The standard InChI is InChI=1S/C21H19N3O5S/c1-15(16-8-3-2-4-9-16)22-21(25)19-12-5-6-13-20(19)23-30(28,29)18-11-7-10-17(14-18)24(26)27/h2-15,23H,1H3,(H,22,25). The van der Waals surface area contributed by atoms with Gasteiger partial charge >= 0.3 is 0 Å². The van der Waals surface area contributed by atoms with E-state index in [4.69, 9.17) is 0 Å². The Morgan fingerprint density at radius 3 is 2.33 bits per heavy atom. The highest BCUT2D eigenvalue weighted by Crippen LogP contribution is 2.23. The summed E-state index contributed by atoms with van der Waals surface area (Å²) >= 11 is 0. The first-order chi connectivity index (χ1) is 14.3. The molecule has 0 aromatic heterocycles. The average Bonchev–Trinajstić information content (AvgIpc) is 2.74. The fourth-order valence-electron chi connectivity index (χ4n) is 2.84. The molecule has 1 unspecified atom stereocenters. The maximum absolute atomic E-state index is 12.8. The average molecular weight is 425 g/mol. The highest BCUT2D eigenvalue weighted by molar-refractivity contribution is 7.92. The number of rotatable bonds is 7. The molecule has 30 heavy (non-hydrogen) atoms. The summed E-state index contributed by atoms with van der Waals surface area (Å²) in [6, 6.07) is 19.9. The molecule has 154 valence electrons. The minimum atomic E-state index is -4.14. The van der Waals surface area contributed by atoms with Gasteiger partial charge in [0.05, 0.1) is 27.1 Å². The Morgan fingerprint density at radius 1 is 0.967 bits per heavy atom. The highest BCUT2D eigenvalue weighted by atomic mass is 32.2. The zero-order chi connectivity index (χ0) is 21.7. The van der Waals surface area contributed by atoms with Gasteiger partial charge in [-0.3, -0.25) is 19.6 Å². The molecular formula is C21H19N3O5S. The van der Waals surface area contributed by atoms with Crippen LogP contribution in [-0.4, -0.2) is 19.2 Å². The molecule has 0 fully saturated rings. The Morgan fingerprint density at radius 2 is 1.63 bits per heavy atom. The van der Waals surface area contributed by atoms with Gasteiger partial charge in [0, 0.05) is 12.1 Å². The third-order valence-corrected chi connectivity index (χ3v) is 5.77. The van der Waals surface area contributed by atoms with Gasteiger partial charge in [0.25, 0.3) is 21.6 Å². The van der Waals surface area contributed by atoms with Crippen LogP contribution in [0.15, 0.2) is 83.8 Å². The Kier molecular flexibility index (Phi) is 6.12. The highest BCUT2D eigenvalue weighted by Gasteiger charge is 2.21. The van der Waals surface area contributed by atoms with E-state index in [1.807, 2.05) is 37.3 Å². The molecule has 1 amide bonds. The molecule has 3 aromatic carbocycles. The van der Waals surface area contributed by atoms with Crippen LogP contribution < -0.4 is 10.0 Å². The first kappa shape index (κ1) is 21.0. The normalized spacial score (nSPS) is 12.0. The van der Waals surface area contributed by atoms with Crippen molar-refractivity contribution in [2.75, 3.05) is 4.72 Å². The minimum Gasteiger partial charge on any atom is -0.345 e. The largest absolute Gasteiger partial charge is 0.345 e. The van der Waals surface area contributed by atoms with Gasteiger partial charge in [-0.2, -0.15) is 0 Å². The van der Waals surface area contributed by atoms with Gasteiger partial charge in [-0.15, -0.1) is 0 Å². The first-order valence-corrected chi connectivity index (χ1v) is 10.5. The summed E-state index contributed by atoms with van der Waals surface area (Å²) in [5, 5.41) is 13.8. The fraction of sp³-hybridized carbons (Fsp3) is 0.0952. The zero-order valence-corrected chi connectivity index (χ0v) is 16.8. The van der Waals surface area contributed by atoms with Gasteiger partial charge in [-0.05, 0) is 30.7 Å². The van der Waals surface area contributed by atoms with Crippen LogP contribution in [-0.2, 0) is 10.0 Å². The summed E-state index contributed by atoms with van der Waals surface area (Å²) in [5.74, 6) is -0.455. The molecule has 3 rings (SSSR count). The summed E-state index contributed by atoms with van der Waals surface area (Å²) in [7, 11) is -4.14. The zero-order valence-electron chi connectivity index (χ0n) is 16.0. The van der Waals surface area contributed by atoms with Crippen molar-refractivity contribution in [2.24, 2.45) is 0 Å². The van der Waals surface area contributed by atoms with Crippen LogP contribution in [0.25, 0.3) is 0 Å². The molecule has 1 atom stereocenters. The molecule has 0 saturated heterocycles. The Balaban J connectivity index is 1.85. The number of amides is 1. The van der Waals surface area contributed by atoms with Gasteiger partial charge in [0.15, 0.2) is 0 Å². The van der Waals surface area contributed by atoms with E-state index in [2.05, 4.69) is 10.0 Å². The van der Waals surface area contributed by atoms with Crippen molar-refractivity contribution < 1.29 is 18.1 Å². The molecule has 2 N–H and O–H groups in total. The summed E-state index contributed by atoms with van der Waals surface area (Å²) < 4.78 is 27.8. The van der Waals surface area contributed by atoms with E-state index in [-0.39, 0.29) is 27.9 Å². The van der Waals surface area contributed by atoms with Gasteiger partial charge < -0.3 is 5.32 Å². The molecule has 0 spiro atoms. The number of para-hydroxylation sites is 1. The predicted octanol–water partition coefficient (Wildman–Crippen LogP) is 3.89. The van der Waals surface area contributed by atoms with Crippen molar-refractivity contribution in [3.05, 3.63) is 100 Å². The van der Waals surface area contributed by atoms with Crippen molar-refractivity contribution in [3.63, 3.8) is 0 Å². The monoisotopic (exact) mass is 425 g/mol. The number of anilines is 1. The SMILES string of the molecule is CC(NC(=O)c1ccccc1NS(=O)(=O)c1cccc([N+](=O)[O-])c1)c1ccccc1. The van der Waals surface area contributed by atoms with E-state index in [1.165, 1.54) is 30.3 Å². The maximum Gasteiger partial charge on any atom is 0.270 e. The number of nitrogens with one attached hydrogen (secondary N) is 2. The molecule has 3 aromatic rings. The Bertz CT molecular complexity index is 1180. The van der Waals surface area contributed by atoms with E-state index < -0.39 is 20.9 Å². The van der Waals surface area contributed by atoms with E-state index in [9.17, 15) is 23.3 Å². The number of nitro groups is 1. The molecule has 0 aliphatic heterocycles. The van der Waals surface area contributed by atoms with Crippen molar-refractivity contribution >= 4 is 27.3 Å². The predicted molar refractivity (Wildman–Crippen MR) is 113 cm³/mol. The van der Waals surface area contributed by atoms with E-state index in [0.29, 0.717) is 0 Å². The molecule has 0 radical (unpaired) electrons. The summed E-state index contributed by atoms with van der Waals surface area (Å²) in [6.07, 6.45) is 0. The summed E-state index contributed by atoms with van der Waals surface area (Å²) in [4.78, 5) is 22.8. The molecule has 9 heteroatoms. The first-order valence-electron chi connectivity index (χ1n) is 9.00. The lowest BCUT2D eigenvalue weighted by atomic mass is 10.1. The van der Waals surface area contributed by atoms with Crippen molar-refractivity contribution in [1.29, 1.82) is 0 Å². The lowest BCUT2D eigenvalue weighted by Crippen LogP contribution is -2.28.